The Balaban J connectivity index is 0.000000198. The lowest BCUT2D eigenvalue weighted by atomic mass is 10.2. The molecule has 0 saturated carbocycles. The SMILES string of the molecule is CCN(C(N)=O)c1ccc(O)cc1O.c1cc2cc-2c1. The molecule has 5 nitrogen and oxygen atoms in total. The lowest BCUT2D eigenvalue weighted by molar-refractivity contribution is 0.254. The zero-order chi connectivity index (χ0) is 14.7. The van der Waals surface area contributed by atoms with E-state index in [1.165, 1.54) is 28.2 Å². The second-order valence-electron chi connectivity index (χ2n) is 4.34. The Hall–Kier alpha value is -2.69. The highest BCUT2D eigenvalue weighted by molar-refractivity contribution is 5.92. The van der Waals surface area contributed by atoms with E-state index in [9.17, 15) is 9.90 Å². The number of hydrogen-bond donors (Lipinski definition) is 3. The predicted molar refractivity (Wildman–Crippen MR) is 77.8 cm³/mol. The summed E-state index contributed by atoms with van der Waals surface area (Å²) >= 11 is 0. The van der Waals surface area contributed by atoms with E-state index in [-0.39, 0.29) is 17.2 Å². The summed E-state index contributed by atoms with van der Waals surface area (Å²) < 4.78 is 0. The highest BCUT2D eigenvalue weighted by Gasteiger charge is 2.14. The zero-order valence-electron chi connectivity index (χ0n) is 11.1. The van der Waals surface area contributed by atoms with E-state index < -0.39 is 6.03 Å². The summed E-state index contributed by atoms with van der Waals surface area (Å²) in [4.78, 5) is 12.1. The number of fused-ring (bicyclic) bond motifs is 1. The van der Waals surface area contributed by atoms with Crippen LogP contribution >= 0.6 is 0 Å². The van der Waals surface area contributed by atoms with Gasteiger partial charge in [0, 0.05) is 12.6 Å². The Morgan fingerprint density at radius 2 is 1.80 bits per heavy atom. The van der Waals surface area contributed by atoms with Gasteiger partial charge in [-0.3, -0.25) is 4.90 Å². The Labute approximate surface area is 116 Å². The van der Waals surface area contributed by atoms with E-state index in [2.05, 4.69) is 24.3 Å². The molecule has 20 heavy (non-hydrogen) atoms. The number of anilines is 1. The lowest BCUT2D eigenvalue weighted by Crippen LogP contribution is -2.35. The maximum Gasteiger partial charge on any atom is 0.319 e. The van der Waals surface area contributed by atoms with Crippen LogP contribution in [0.4, 0.5) is 10.5 Å². The standard InChI is InChI=1S/C9H12N2O3.C6H4/c1-2-11(9(10)14)7-4-3-6(12)5-8(7)13;1-2-5-4-6(5)3-1/h3-5,12-13H,2H2,1H3,(H2,10,14);1-4H. The number of nitrogens with two attached hydrogens (primary N) is 1. The van der Waals surface area contributed by atoms with Gasteiger partial charge >= 0.3 is 6.03 Å². The molecule has 0 fully saturated rings. The molecule has 0 unspecified atom stereocenters. The van der Waals surface area contributed by atoms with Crippen LogP contribution in [0, 0.1) is 0 Å². The molecule has 0 spiro atoms. The zero-order valence-corrected chi connectivity index (χ0v) is 11.1. The van der Waals surface area contributed by atoms with Crippen LogP contribution in [0.2, 0.25) is 0 Å². The summed E-state index contributed by atoms with van der Waals surface area (Å²) in [7, 11) is 0. The Morgan fingerprint density at radius 1 is 1.15 bits per heavy atom. The quantitative estimate of drug-likeness (QED) is 0.670. The molecular formula is C15H16N2O3. The smallest absolute Gasteiger partial charge is 0.319 e. The van der Waals surface area contributed by atoms with Gasteiger partial charge in [-0.05, 0) is 36.2 Å². The first-order valence-corrected chi connectivity index (χ1v) is 6.22. The minimum Gasteiger partial charge on any atom is -0.508 e. The fourth-order valence-corrected chi connectivity index (χ4v) is 1.86. The number of amides is 2. The number of phenols is 2. The molecule has 0 bridgehead atoms. The van der Waals surface area contributed by atoms with E-state index in [1.807, 2.05) is 0 Å². The number of carbonyl (C=O) groups is 1. The second kappa shape index (κ2) is 5.52. The third-order valence-corrected chi connectivity index (χ3v) is 2.94. The van der Waals surface area contributed by atoms with Gasteiger partial charge in [0.2, 0.25) is 0 Å². The average molecular weight is 272 g/mol. The van der Waals surface area contributed by atoms with Crippen molar-refractivity contribution in [3.8, 4) is 22.6 Å². The van der Waals surface area contributed by atoms with Crippen LogP contribution in [0.25, 0.3) is 11.1 Å². The fraction of sp³-hybridized carbons (Fsp3) is 0.133. The number of nitrogens with zero attached hydrogens (tertiary/aromatic N) is 1. The van der Waals surface area contributed by atoms with Crippen molar-refractivity contribution in [3.63, 3.8) is 0 Å². The summed E-state index contributed by atoms with van der Waals surface area (Å²) in [5.41, 5.74) is 8.24. The Kier molecular flexibility index (Phi) is 3.79. The third-order valence-electron chi connectivity index (χ3n) is 2.94. The van der Waals surface area contributed by atoms with Crippen molar-refractivity contribution in [1.82, 2.24) is 0 Å². The van der Waals surface area contributed by atoms with Crippen molar-refractivity contribution in [2.45, 2.75) is 6.92 Å². The predicted octanol–water partition coefficient (Wildman–Crippen LogP) is 2.67. The maximum absolute atomic E-state index is 10.9. The van der Waals surface area contributed by atoms with Gasteiger partial charge in [-0.2, -0.15) is 0 Å². The molecule has 0 radical (unpaired) electrons. The molecule has 5 heteroatoms. The second-order valence-corrected chi connectivity index (χ2v) is 4.34. The van der Waals surface area contributed by atoms with E-state index in [4.69, 9.17) is 10.8 Å². The van der Waals surface area contributed by atoms with Crippen LogP contribution in [-0.2, 0) is 0 Å². The van der Waals surface area contributed by atoms with Crippen LogP contribution in [-0.4, -0.2) is 22.8 Å². The fourth-order valence-electron chi connectivity index (χ4n) is 1.86. The number of hydrogen-bond acceptors (Lipinski definition) is 3. The van der Waals surface area contributed by atoms with Gasteiger partial charge in [0.1, 0.15) is 11.5 Å². The highest BCUT2D eigenvalue weighted by Crippen LogP contribution is 2.32. The van der Waals surface area contributed by atoms with Crippen molar-refractivity contribution in [2.24, 2.45) is 5.73 Å². The first-order valence-electron chi connectivity index (χ1n) is 6.22. The Morgan fingerprint density at radius 3 is 2.15 bits per heavy atom. The molecule has 2 aliphatic carbocycles. The van der Waals surface area contributed by atoms with Crippen LogP contribution in [0.15, 0.2) is 42.5 Å². The van der Waals surface area contributed by atoms with Gasteiger partial charge in [0.15, 0.2) is 0 Å². The van der Waals surface area contributed by atoms with E-state index in [1.54, 1.807) is 6.92 Å². The first kappa shape index (κ1) is 13.7. The van der Waals surface area contributed by atoms with Crippen LogP contribution in [0.3, 0.4) is 0 Å². The molecule has 1 aromatic rings. The summed E-state index contributed by atoms with van der Waals surface area (Å²) in [6.07, 6.45) is 0. The van der Waals surface area contributed by atoms with Crippen molar-refractivity contribution in [3.05, 3.63) is 42.5 Å². The van der Waals surface area contributed by atoms with Crippen molar-refractivity contribution in [1.29, 1.82) is 0 Å². The molecule has 3 rings (SSSR count). The lowest BCUT2D eigenvalue weighted by Gasteiger charge is -2.19. The van der Waals surface area contributed by atoms with Gasteiger partial charge in [-0.25, -0.2) is 4.79 Å². The number of benzene rings is 2. The van der Waals surface area contributed by atoms with Crippen molar-refractivity contribution >= 4 is 11.7 Å². The molecular weight excluding hydrogens is 256 g/mol. The summed E-state index contributed by atoms with van der Waals surface area (Å²) in [6.45, 7) is 2.09. The third kappa shape index (κ3) is 3.00. The van der Waals surface area contributed by atoms with Crippen molar-refractivity contribution < 1.29 is 15.0 Å². The van der Waals surface area contributed by atoms with Crippen LogP contribution < -0.4 is 10.6 Å². The first-order chi connectivity index (χ1) is 9.52. The number of urea groups is 1. The van der Waals surface area contributed by atoms with Crippen LogP contribution in [0.5, 0.6) is 11.5 Å². The average Bonchev–Trinajstić information content (AvgIpc) is 3.00. The van der Waals surface area contributed by atoms with E-state index in [0.29, 0.717) is 6.54 Å². The van der Waals surface area contributed by atoms with Crippen LogP contribution in [0.1, 0.15) is 6.92 Å². The number of aromatic hydroxyl groups is 2. The monoisotopic (exact) mass is 272 g/mol. The van der Waals surface area contributed by atoms with Gasteiger partial charge in [0.05, 0.1) is 5.69 Å². The summed E-state index contributed by atoms with van der Waals surface area (Å²) in [5.74, 6) is -0.238. The number of rotatable bonds is 2. The van der Waals surface area contributed by atoms with Crippen molar-refractivity contribution in [2.75, 3.05) is 11.4 Å². The number of phenolic OH excluding ortho intramolecular Hbond substituents is 2. The molecule has 0 aliphatic heterocycles. The van der Waals surface area contributed by atoms with E-state index in [0.717, 1.165) is 6.07 Å². The topological polar surface area (TPSA) is 86.8 Å². The normalized spacial score (nSPS) is 10.2. The molecule has 0 aromatic heterocycles. The maximum atomic E-state index is 10.9. The molecule has 0 saturated heterocycles. The molecule has 2 aliphatic rings. The van der Waals surface area contributed by atoms with Gasteiger partial charge in [0.25, 0.3) is 0 Å². The molecule has 1 aromatic carbocycles. The summed E-state index contributed by atoms with van der Waals surface area (Å²) in [5, 5.41) is 18.5. The molecule has 2 amide bonds. The molecule has 0 heterocycles. The summed E-state index contributed by atoms with van der Waals surface area (Å²) in [6, 6.07) is 11.8. The largest absolute Gasteiger partial charge is 0.508 e. The number of carbonyl (C=O) groups excluding carboxylic acids is 1. The minimum absolute atomic E-state index is 0.0632. The number of primary amides is 1. The minimum atomic E-state index is -0.645. The Bertz CT molecular complexity index is 624. The van der Waals surface area contributed by atoms with Gasteiger partial charge < -0.3 is 15.9 Å². The molecule has 4 N–H and O–H groups in total. The van der Waals surface area contributed by atoms with Gasteiger partial charge in [-0.15, -0.1) is 0 Å². The van der Waals surface area contributed by atoms with Gasteiger partial charge in [-0.1, -0.05) is 18.2 Å². The molecule has 104 valence electrons. The molecule has 0 atom stereocenters. The highest BCUT2D eigenvalue weighted by atomic mass is 16.3. The van der Waals surface area contributed by atoms with E-state index >= 15 is 0 Å².